The first kappa shape index (κ1) is 19.3. The third-order valence-corrected chi connectivity index (χ3v) is 7.12. The van der Waals surface area contributed by atoms with Gasteiger partial charge in [0.05, 0.1) is 23.7 Å². The van der Waals surface area contributed by atoms with Gasteiger partial charge in [-0.25, -0.2) is 8.42 Å². The Kier molecular flexibility index (Phi) is 6.67. The summed E-state index contributed by atoms with van der Waals surface area (Å²) in [6, 6.07) is 6.64. The average molecular weight is 381 g/mol. The van der Waals surface area contributed by atoms with Gasteiger partial charge >= 0.3 is 0 Å². The molecular formula is C19H28N2O4S. The first-order chi connectivity index (χ1) is 12.6. The maximum atomic E-state index is 13.0. The zero-order chi connectivity index (χ0) is 18.4. The quantitative estimate of drug-likeness (QED) is 0.871. The second kappa shape index (κ2) is 8.97. The van der Waals surface area contributed by atoms with Gasteiger partial charge in [0.1, 0.15) is 0 Å². The first-order valence-corrected chi connectivity index (χ1v) is 11.0. The third kappa shape index (κ3) is 4.64. The van der Waals surface area contributed by atoms with Gasteiger partial charge < -0.3 is 10.1 Å². The molecule has 7 heteroatoms. The van der Waals surface area contributed by atoms with E-state index in [9.17, 15) is 13.2 Å². The number of benzene rings is 1. The summed E-state index contributed by atoms with van der Waals surface area (Å²) in [5, 5.41) is 3.07. The van der Waals surface area contributed by atoms with Crippen LogP contribution in [0.3, 0.4) is 0 Å². The van der Waals surface area contributed by atoms with Gasteiger partial charge in [0.15, 0.2) is 0 Å². The van der Waals surface area contributed by atoms with Crippen molar-refractivity contribution in [2.24, 2.45) is 0 Å². The van der Waals surface area contributed by atoms with Crippen molar-refractivity contribution in [3.8, 4) is 0 Å². The lowest BCUT2D eigenvalue weighted by atomic mass is 9.96. The van der Waals surface area contributed by atoms with Gasteiger partial charge in [-0.05, 0) is 25.0 Å². The molecule has 1 saturated carbocycles. The molecule has 1 aliphatic carbocycles. The second-order valence-electron chi connectivity index (χ2n) is 7.03. The van der Waals surface area contributed by atoms with Crippen molar-refractivity contribution in [3.05, 3.63) is 29.8 Å². The molecule has 0 aromatic heterocycles. The van der Waals surface area contributed by atoms with Gasteiger partial charge in [-0.3, -0.25) is 4.79 Å². The van der Waals surface area contributed by atoms with Gasteiger partial charge in [0, 0.05) is 19.1 Å². The zero-order valence-corrected chi connectivity index (χ0v) is 16.0. The molecule has 1 N–H and O–H groups in total. The highest BCUT2D eigenvalue weighted by Crippen LogP contribution is 2.22. The van der Waals surface area contributed by atoms with Gasteiger partial charge in [-0.1, -0.05) is 44.2 Å². The predicted molar refractivity (Wildman–Crippen MR) is 99.6 cm³/mol. The first-order valence-electron chi connectivity index (χ1n) is 9.57. The Morgan fingerprint density at radius 2 is 1.62 bits per heavy atom. The minimum absolute atomic E-state index is 0.0882. The number of carbonyl (C=O) groups is 1. The van der Waals surface area contributed by atoms with Crippen LogP contribution in [-0.4, -0.2) is 51.0 Å². The van der Waals surface area contributed by atoms with Crippen LogP contribution >= 0.6 is 0 Å². The third-order valence-electron chi connectivity index (χ3n) is 5.16. The highest BCUT2D eigenvalue weighted by Gasteiger charge is 2.30. The SMILES string of the molecule is O=C(NC1CCCCCCC1)c1ccccc1S(=O)(=O)N1CCOCC1. The number of hydrogen-bond donors (Lipinski definition) is 1. The fourth-order valence-electron chi connectivity index (χ4n) is 3.67. The zero-order valence-electron chi connectivity index (χ0n) is 15.2. The Morgan fingerprint density at radius 3 is 2.31 bits per heavy atom. The van der Waals surface area contributed by atoms with Crippen LogP contribution < -0.4 is 5.32 Å². The number of morpholine rings is 1. The van der Waals surface area contributed by atoms with Crippen LogP contribution in [0.15, 0.2) is 29.2 Å². The van der Waals surface area contributed by atoms with Gasteiger partial charge in [0.2, 0.25) is 10.0 Å². The molecule has 3 rings (SSSR count). The molecule has 0 spiro atoms. The lowest BCUT2D eigenvalue weighted by molar-refractivity contribution is 0.0729. The Labute approximate surface area is 156 Å². The molecule has 1 aliphatic heterocycles. The molecule has 1 saturated heterocycles. The maximum Gasteiger partial charge on any atom is 0.252 e. The summed E-state index contributed by atoms with van der Waals surface area (Å²) in [5.41, 5.74) is 0.237. The Bertz CT molecular complexity index is 706. The summed E-state index contributed by atoms with van der Waals surface area (Å²) >= 11 is 0. The van der Waals surface area contributed by atoms with Crippen LogP contribution in [0, 0.1) is 0 Å². The Morgan fingerprint density at radius 1 is 1.00 bits per heavy atom. The number of nitrogens with zero attached hydrogens (tertiary/aromatic N) is 1. The summed E-state index contributed by atoms with van der Waals surface area (Å²) in [6.45, 7) is 1.41. The van der Waals surface area contributed by atoms with E-state index in [1.54, 1.807) is 18.2 Å². The minimum Gasteiger partial charge on any atom is -0.379 e. The molecule has 0 unspecified atom stereocenters. The number of amides is 1. The molecule has 1 heterocycles. The van der Waals surface area contributed by atoms with E-state index in [1.165, 1.54) is 29.6 Å². The van der Waals surface area contributed by atoms with E-state index in [-0.39, 0.29) is 22.4 Å². The van der Waals surface area contributed by atoms with E-state index in [0.29, 0.717) is 26.3 Å². The van der Waals surface area contributed by atoms with E-state index in [1.807, 2.05) is 0 Å². The lowest BCUT2D eigenvalue weighted by Gasteiger charge is -2.27. The van der Waals surface area contributed by atoms with E-state index in [0.717, 1.165) is 25.7 Å². The van der Waals surface area contributed by atoms with Crippen molar-refractivity contribution in [3.63, 3.8) is 0 Å². The molecular weight excluding hydrogens is 352 g/mol. The molecule has 0 radical (unpaired) electrons. The van der Waals surface area contributed by atoms with Crippen LogP contribution in [0.1, 0.15) is 55.3 Å². The van der Waals surface area contributed by atoms with Gasteiger partial charge in [0.25, 0.3) is 5.91 Å². The molecule has 0 bridgehead atoms. The molecule has 144 valence electrons. The maximum absolute atomic E-state index is 13.0. The predicted octanol–water partition coefficient (Wildman–Crippen LogP) is 2.55. The topological polar surface area (TPSA) is 75.7 Å². The minimum atomic E-state index is -3.70. The number of rotatable bonds is 4. The van der Waals surface area contributed by atoms with Gasteiger partial charge in [-0.15, -0.1) is 0 Å². The highest BCUT2D eigenvalue weighted by atomic mass is 32.2. The summed E-state index contributed by atoms with van der Waals surface area (Å²) in [7, 11) is -3.70. The standard InChI is InChI=1S/C19H28N2O4S/c22-19(20-16-8-4-2-1-3-5-9-16)17-10-6-7-11-18(17)26(23,24)21-12-14-25-15-13-21/h6-7,10-11,16H,1-5,8-9,12-15H2,(H,20,22). The Hall–Kier alpha value is -1.44. The van der Waals surface area contributed by atoms with Crippen LogP contribution in [-0.2, 0) is 14.8 Å². The van der Waals surface area contributed by atoms with Crippen LogP contribution in [0.5, 0.6) is 0 Å². The summed E-state index contributed by atoms with van der Waals surface area (Å²) in [5.74, 6) is -0.289. The number of ether oxygens (including phenoxy) is 1. The van der Waals surface area contributed by atoms with E-state index in [4.69, 9.17) is 4.74 Å². The number of nitrogens with one attached hydrogen (secondary N) is 1. The van der Waals surface area contributed by atoms with E-state index in [2.05, 4.69) is 5.32 Å². The summed E-state index contributed by atoms with van der Waals surface area (Å²) in [4.78, 5) is 12.9. The second-order valence-corrected chi connectivity index (χ2v) is 8.93. The summed E-state index contributed by atoms with van der Waals surface area (Å²) < 4.78 is 32.6. The van der Waals surface area contributed by atoms with Crippen molar-refractivity contribution in [2.45, 2.75) is 55.9 Å². The van der Waals surface area contributed by atoms with Crippen molar-refractivity contribution in [2.75, 3.05) is 26.3 Å². The molecule has 1 aromatic rings. The highest BCUT2D eigenvalue weighted by molar-refractivity contribution is 7.89. The molecule has 2 fully saturated rings. The van der Waals surface area contributed by atoms with Crippen LogP contribution in [0.25, 0.3) is 0 Å². The number of hydrogen-bond acceptors (Lipinski definition) is 4. The smallest absolute Gasteiger partial charge is 0.252 e. The lowest BCUT2D eigenvalue weighted by Crippen LogP contribution is -2.42. The van der Waals surface area contributed by atoms with Crippen molar-refractivity contribution >= 4 is 15.9 Å². The molecule has 0 atom stereocenters. The average Bonchev–Trinajstić information content (AvgIpc) is 2.64. The fourth-order valence-corrected chi connectivity index (χ4v) is 5.27. The molecule has 6 nitrogen and oxygen atoms in total. The summed E-state index contributed by atoms with van der Waals surface area (Å²) in [6.07, 6.45) is 7.82. The molecule has 1 amide bonds. The number of carbonyl (C=O) groups excluding carboxylic acids is 1. The Balaban J connectivity index is 1.78. The number of sulfonamides is 1. The molecule has 1 aromatic carbocycles. The van der Waals surface area contributed by atoms with E-state index >= 15 is 0 Å². The van der Waals surface area contributed by atoms with Gasteiger partial charge in [-0.2, -0.15) is 4.31 Å². The van der Waals surface area contributed by atoms with Crippen molar-refractivity contribution in [1.29, 1.82) is 0 Å². The normalized spacial score (nSPS) is 20.9. The van der Waals surface area contributed by atoms with Crippen LogP contribution in [0.2, 0.25) is 0 Å². The fraction of sp³-hybridized carbons (Fsp3) is 0.632. The van der Waals surface area contributed by atoms with E-state index < -0.39 is 10.0 Å². The molecule has 26 heavy (non-hydrogen) atoms. The van der Waals surface area contributed by atoms with Crippen molar-refractivity contribution in [1.82, 2.24) is 9.62 Å². The largest absolute Gasteiger partial charge is 0.379 e. The monoisotopic (exact) mass is 380 g/mol. The molecule has 2 aliphatic rings. The van der Waals surface area contributed by atoms with Crippen molar-refractivity contribution < 1.29 is 17.9 Å². The van der Waals surface area contributed by atoms with Crippen LogP contribution in [0.4, 0.5) is 0 Å².